The van der Waals surface area contributed by atoms with Gasteiger partial charge in [-0.25, -0.2) is 4.68 Å². The summed E-state index contributed by atoms with van der Waals surface area (Å²) in [6.45, 7) is 1.45. The number of rotatable bonds is 2. The number of halogens is 4. The normalized spacial score (nSPS) is 17.1. The van der Waals surface area contributed by atoms with Gasteiger partial charge in [0.05, 0.1) is 11.9 Å². The first kappa shape index (κ1) is 15.1. The van der Waals surface area contributed by atoms with Crippen molar-refractivity contribution in [2.75, 3.05) is 31.1 Å². The minimum atomic E-state index is -4.51. The maximum atomic E-state index is 12.3. The Bertz CT molecular complexity index is 523. The van der Waals surface area contributed by atoms with Crippen molar-refractivity contribution < 1.29 is 13.2 Å². The molecule has 0 amide bonds. The van der Waals surface area contributed by atoms with Crippen LogP contribution in [0.3, 0.4) is 0 Å². The highest BCUT2D eigenvalue weighted by atomic mass is 35.5. The Morgan fingerprint density at radius 1 is 1.35 bits per heavy atom. The van der Waals surface area contributed by atoms with Crippen LogP contribution in [-0.4, -0.2) is 42.1 Å². The summed E-state index contributed by atoms with van der Waals surface area (Å²) in [5.41, 5.74) is -0.530. The zero-order valence-electron chi connectivity index (χ0n) is 10.6. The highest BCUT2D eigenvalue weighted by Crippen LogP contribution is 2.22. The molecule has 0 spiro atoms. The molecule has 1 N–H and O–H groups in total. The van der Waals surface area contributed by atoms with E-state index in [1.165, 1.54) is 6.20 Å². The van der Waals surface area contributed by atoms with Gasteiger partial charge < -0.3 is 10.2 Å². The third kappa shape index (κ3) is 3.63. The Hall–Kier alpha value is -1.28. The van der Waals surface area contributed by atoms with E-state index in [4.69, 9.17) is 11.6 Å². The number of nitrogens with zero attached hydrogens (tertiary/aromatic N) is 3. The third-order valence-electron chi connectivity index (χ3n) is 2.98. The zero-order chi connectivity index (χ0) is 14.8. The van der Waals surface area contributed by atoms with Gasteiger partial charge in [-0.05, 0) is 13.0 Å². The smallest absolute Gasteiger partial charge is 0.368 e. The zero-order valence-corrected chi connectivity index (χ0v) is 11.3. The molecule has 1 aliphatic rings. The fourth-order valence-electron chi connectivity index (χ4n) is 2.05. The first-order chi connectivity index (χ1) is 9.38. The van der Waals surface area contributed by atoms with E-state index in [0.29, 0.717) is 23.5 Å². The molecule has 1 fully saturated rings. The summed E-state index contributed by atoms with van der Waals surface area (Å²) in [6.07, 6.45) is -2.42. The Kier molecular flexibility index (Phi) is 4.54. The number of aromatic nitrogens is 2. The molecule has 1 aliphatic heterocycles. The monoisotopic (exact) mass is 310 g/mol. The van der Waals surface area contributed by atoms with E-state index in [9.17, 15) is 18.0 Å². The van der Waals surface area contributed by atoms with Crippen LogP contribution in [0.15, 0.2) is 11.0 Å². The van der Waals surface area contributed by atoms with Crippen molar-refractivity contribution in [2.45, 2.75) is 19.1 Å². The van der Waals surface area contributed by atoms with Gasteiger partial charge in [0, 0.05) is 19.6 Å². The number of alkyl halides is 3. The Morgan fingerprint density at radius 3 is 2.80 bits per heavy atom. The van der Waals surface area contributed by atoms with Crippen LogP contribution < -0.4 is 15.8 Å². The predicted octanol–water partition coefficient (Wildman–Crippen LogP) is 1.26. The van der Waals surface area contributed by atoms with Gasteiger partial charge in [-0.1, -0.05) is 11.6 Å². The van der Waals surface area contributed by atoms with Crippen LogP contribution in [0.1, 0.15) is 6.42 Å². The van der Waals surface area contributed by atoms with Crippen LogP contribution in [-0.2, 0) is 6.54 Å². The van der Waals surface area contributed by atoms with Gasteiger partial charge >= 0.3 is 6.18 Å². The van der Waals surface area contributed by atoms with Gasteiger partial charge in [0.2, 0.25) is 0 Å². The van der Waals surface area contributed by atoms with Gasteiger partial charge in [-0.2, -0.15) is 18.3 Å². The molecule has 1 saturated heterocycles. The summed E-state index contributed by atoms with van der Waals surface area (Å²) in [4.78, 5) is 13.7. The summed E-state index contributed by atoms with van der Waals surface area (Å²) >= 11 is 5.91. The molecule has 0 radical (unpaired) electrons. The van der Waals surface area contributed by atoms with Crippen molar-refractivity contribution in [1.82, 2.24) is 15.1 Å². The Morgan fingerprint density at radius 2 is 2.10 bits per heavy atom. The lowest BCUT2D eigenvalue weighted by Gasteiger charge is -2.23. The fraction of sp³-hybridized carbons (Fsp3) is 0.636. The molecule has 0 bridgehead atoms. The molecule has 2 rings (SSSR count). The summed E-state index contributed by atoms with van der Waals surface area (Å²) in [5, 5.41) is 6.54. The van der Waals surface area contributed by atoms with Crippen LogP contribution in [0.5, 0.6) is 0 Å². The van der Waals surface area contributed by atoms with Crippen LogP contribution in [0, 0.1) is 0 Å². The van der Waals surface area contributed by atoms with Crippen molar-refractivity contribution in [1.29, 1.82) is 0 Å². The highest BCUT2D eigenvalue weighted by molar-refractivity contribution is 6.33. The predicted molar refractivity (Wildman–Crippen MR) is 69.3 cm³/mol. The summed E-state index contributed by atoms with van der Waals surface area (Å²) in [7, 11) is 0. The van der Waals surface area contributed by atoms with Crippen molar-refractivity contribution in [3.63, 3.8) is 0 Å². The molecular weight excluding hydrogens is 297 g/mol. The molecule has 112 valence electrons. The number of anilines is 1. The van der Waals surface area contributed by atoms with Gasteiger partial charge in [-0.3, -0.25) is 4.79 Å². The second-order valence-electron chi connectivity index (χ2n) is 4.51. The molecule has 2 heterocycles. The lowest BCUT2D eigenvalue weighted by atomic mass is 10.3. The molecule has 0 unspecified atom stereocenters. The Labute approximate surface area is 118 Å². The maximum absolute atomic E-state index is 12.3. The molecule has 0 atom stereocenters. The fourth-order valence-corrected chi connectivity index (χ4v) is 2.31. The molecule has 1 aromatic heterocycles. The molecule has 1 aromatic rings. The highest BCUT2D eigenvalue weighted by Gasteiger charge is 2.30. The molecule has 5 nitrogen and oxygen atoms in total. The number of hydrogen-bond acceptors (Lipinski definition) is 4. The largest absolute Gasteiger partial charge is 0.408 e. The topological polar surface area (TPSA) is 50.2 Å². The molecule has 0 saturated carbocycles. The minimum absolute atomic E-state index is 0.217. The number of nitrogens with one attached hydrogen (secondary N) is 1. The first-order valence-electron chi connectivity index (χ1n) is 6.16. The van der Waals surface area contributed by atoms with E-state index in [1.807, 2.05) is 4.90 Å². The van der Waals surface area contributed by atoms with Gasteiger partial charge in [0.15, 0.2) is 0 Å². The van der Waals surface area contributed by atoms with Gasteiger partial charge in [-0.15, -0.1) is 0 Å². The van der Waals surface area contributed by atoms with E-state index in [-0.39, 0.29) is 5.02 Å². The number of hydrogen-bond donors (Lipinski definition) is 1. The first-order valence-corrected chi connectivity index (χ1v) is 6.54. The lowest BCUT2D eigenvalue weighted by Crippen LogP contribution is -2.34. The van der Waals surface area contributed by atoms with E-state index in [2.05, 4.69) is 10.4 Å². The van der Waals surface area contributed by atoms with Crippen LogP contribution in [0.25, 0.3) is 0 Å². The Balaban J connectivity index is 2.28. The van der Waals surface area contributed by atoms with Crippen molar-refractivity contribution in [3.05, 3.63) is 21.6 Å². The van der Waals surface area contributed by atoms with Gasteiger partial charge in [0.1, 0.15) is 11.6 Å². The summed E-state index contributed by atoms with van der Waals surface area (Å²) in [5.74, 6) is 0. The second-order valence-corrected chi connectivity index (χ2v) is 4.89. The molecule has 0 aliphatic carbocycles. The molecule has 20 heavy (non-hydrogen) atoms. The van der Waals surface area contributed by atoms with Crippen molar-refractivity contribution >= 4 is 17.3 Å². The van der Waals surface area contributed by atoms with Crippen molar-refractivity contribution in [3.8, 4) is 0 Å². The third-order valence-corrected chi connectivity index (χ3v) is 3.33. The average Bonchev–Trinajstić information content (AvgIpc) is 2.62. The minimum Gasteiger partial charge on any atom is -0.368 e. The van der Waals surface area contributed by atoms with E-state index < -0.39 is 18.3 Å². The standard InChI is InChI=1S/C11H14ClF3N4O/c12-9-8(18-4-1-2-16-3-5-18)6-17-19(10(9)20)7-11(13,14)15/h6,16H,1-5,7H2. The quantitative estimate of drug-likeness (QED) is 0.893. The van der Waals surface area contributed by atoms with Crippen molar-refractivity contribution in [2.24, 2.45) is 0 Å². The second kappa shape index (κ2) is 6.01. The molecular formula is C11H14ClF3N4O. The summed E-state index contributed by atoms with van der Waals surface area (Å²) in [6, 6.07) is 0. The molecule has 0 aromatic carbocycles. The average molecular weight is 311 g/mol. The SMILES string of the molecule is O=c1c(Cl)c(N2CCCNCC2)cnn1CC(F)(F)F. The van der Waals surface area contributed by atoms with Gasteiger partial charge in [0.25, 0.3) is 5.56 Å². The van der Waals surface area contributed by atoms with E-state index in [0.717, 1.165) is 19.5 Å². The van der Waals surface area contributed by atoms with Crippen LogP contribution in [0.2, 0.25) is 5.02 Å². The lowest BCUT2D eigenvalue weighted by molar-refractivity contribution is -0.143. The van der Waals surface area contributed by atoms with Crippen LogP contribution >= 0.6 is 11.6 Å². The van der Waals surface area contributed by atoms with Crippen LogP contribution in [0.4, 0.5) is 18.9 Å². The molecule has 9 heteroatoms. The maximum Gasteiger partial charge on any atom is 0.408 e. The van der Waals surface area contributed by atoms with E-state index >= 15 is 0 Å². The van der Waals surface area contributed by atoms with E-state index in [1.54, 1.807) is 0 Å². The summed E-state index contributed by atoms with van der Waals surface area (Å²) < 4.78 is 37.2.